The first-order chi connectivity index (χ1) is 11.5. The number of nitrogens with zero attached hydrogens (tertiary/aromatic N) is 3. The number of hydrogen-bond acceptors (Lipinski definition) is 5. The summed E-state index contributed by atoms with van der Waals surface area (Å²) in [5, 5.41) is 4.09. The van der Waals surface area contributed by atoms with Crippen LogP contribution >= 0.6 is 0 Å². The Hall–Kier alpha value is -1.67. The summed E-state index contributed by atoms with van der Waals surface area (Å²) in [6.07, 6.45) is 3.04. The number of carbonyl (C=O) groups is 3. The zero-order valence-corrected chi connectivity index (χ0v) is 14.4. The van der Waals surface area contributed by atoms with Crippen molar-refractivity contribution >= 4 is 17.7 Å². The Kier molecular flexibility index (Phi) is 5.05. The van der Waals surface area contributed by atoms with Gasteiger partial charge in [-0.2, -0.15) is 5.06 Å². The predicted molar refractivity (Wildman–Crippen MR) is 86.0 cm³/mol. The molecule has 0 radical (unpaired) electrons. The number of rotatable bonds is 5. The number of fused-ring (bicyclic) bond motifs is 2. The first-order valence-corrected chi connectivity index (χ1v) is 8.64. The summed E-state index contributed by atoms with van der Waals surface area (Å²) in [4.78, 5) is 45.8. The normalized spacial score (nSPS) is 28.3. The van der Waals surface area contributed by atoms with Crippen LogP contribution in [0.2, 0.25) is 0 Å². The van der Waals surface area contributed by atoms with Gasteiger partial charge >= 0.3 is 6.03 Å². The van der Waals surface area contributed by atoms with Gasteiger partial charge in [-0.05, 0) is 45.8 Å². The Labute approximate surface area is 142 Å². The van der Waals surface area contributed by atoms with Gasteiger partial charge < -0.3 is 15.1 Å². The van der Waals surface area contributed by atoms with E-state index in [0.717, 1.165) is 32.4 Å². The Morgan fingerprint density at radius 1 is 1.21 bits per heavy atom. The van der Waals surface area contributed by atoms with Crippen molar-refractivity contribution < 1.29 is 19.2 Å². The van der Waals surface area contributed by atoms with Gasteiger partial charge in [-0.1, -0.05) is 0 Å². The third kappa shape index (κ3) is 3.25. The summed E-state index contributed by atoms with van der Waals surface area (Å²) in [5.41, 5.74) is 0. The van der Waals surface area contributed by atoms with Crippen LogP contribution in [-0.2, 0) is 14.4 Å². The molecule has 3 fully saturated rings. The van der Waals surface area contributed by atoms with Gasteiger partial charge in [-0.15, -0.1) is 0 Å². The number of carbonyl (C=O) groups excluding carboxylic acids is 3. The molecule has 2 bridgehead atoms. The molecule has 0 unspecified atom stereocenters. The molecule has 8 heteroatoms. The van der Waals surface area contributed by atoms with Crippen LogP contribution in [0.1, 0.15) is 25.7 Å². The van der Waals surface area contributed by atoms with Crippen molar-refractivity contribution in [2.24, 2.45) is 5.92 Å². The number of Topliss-reactive ketones (excluding diaryl/α,β-unsaturated/α-hetero) is 1. The average molecular weight is 338 g/mol. The van der Waals surface area contributed by atoms with E-state index in [1.165, 1.54) is 12.2 Å². The van der Waals surface area contributed by atoms with Crippen LogP contribution < -0.4 is 5.32 Å². The van der Waals surface area contributed by atoms with E-state index in [4.69, 9.17) is 4.84 Å². The average Bonchev–Trinajstić information content (AvgIpc) is 2.83. The number of likely N-dealkylation sites (tertiary alicyclic amines) is 1. The second-order valence-electron chi connectivity index (χ2n) is 6.95. The van der Waals surface area contributed by atoms with E-state index >= 15 is 0 Å². The summed E-state index contributed by atoms with van der Waals surface area (Å²) in [6, 6.07) is -0.742. The number of nitrogens with one attached hydrogen (secondary N) is 1. The van der Waals surface area contributed by atoms with E-state index in [2.05, 4.69) is 17.3 Å². The lowest BCUT2D eigenvalue weighted by atomic mass is 9.92. The molecule has 3 heterocycles. The van der Waals surface area contributed by atoms with Crippen molar-refractivity contribution in [1.82, 2.24) is 20.2 Å². The fourth-order valence-electron chi connectivity index (χ4n) is 3.90. The van der Waals surface area contributed by atoms with Crippen molar-refractivity contribution in [3.8, 4) is 0 Å². The maximum atomic E-state index is 12.4. The fraction of sp³-hybridized carbons (Fsp3) is 0.812. The van der Waals surface area contributed by atoms with Gasteiger partial charge in [0, 0.05) is 12.5 Å². The molecule has 0 aliphatic carbocycles. The highest BCUT2D eigenvalue weighted by atomic mass is 16.7. The molecule has 0 aromatic rings. The molecule has 2 atom stereocenters. The summed E-state index contributed by atoms with van der Waals surface area (Å²) >= 11 is 0. The molecule has 3 amide bonds. The molecule has 3 rings (SSSR count). The van der Waals surface area contributed by atoms with Gasteiger partial charge in [-0.3, -0.25) is 14.4 Å². The van der Waals surface area contributed by atoms with Gasteiger partial charge in [0.15, 0.2) is 5.78 Å². The van der Waals surface area contributed by atoms with Gasteiger partial charge in [0.25, 0.3) is 0 Å². The second-order valence-corrected chi connectivity index (χ2v) is 6.95. The van der Waals surface area contributed by atoms with E-state index < -0.39 is 6.04 Å². The molecule has 3 saturated heterocycles. The lowest BCUT2D eigenvalue weighted by molar-refractivity contribution is -0.130. The van der Waals surface area contributed by atoms with Crippen molar-refractivity contribution in [2.75, 3.05) is 40.3 Å². The quantitative estimate of drug-likeness (QED) is 0.753. The molecule has 0 aromatic heterocycles. The molecule has 8 nitrogen and oxygen atoms in total. The van der Waals surface area contributed by atoms with Gasteiger partial charge in [-0.25, -0.2) is 4.79 Å². The minimum atomic E-state index is -0.501. The van der Waals surface area contributed by atoms with Gasteiger partial charge in [0.1, 0.15) is 6.04 Å². The van der Waals surface area contributed by atoms with Gasteiger partial charge in [0.2, 0.25) is 5.91 Å². The molecule has 3 aliphatic heterocycles. The third-order valence-electron chi connectivity index (χ3n) is 5.43. The molecule has 134 valence electrons. The van der Waals surface area contributed by atoms with Crippen LogP contribution in [-0.4, -0.2) is 85.0 Å². The van der Waals surface area contributed by atoms with E-state index in [1.54, 1.807) is 4.90 Å². The number of urea groups is 1. The molecule has 0 spiro atoms. The number of hydroxylamine groups is 2. The lowest BCUT2D eigenvalue weighted by Crippen LogP contribution is -2.51. The third-order valence-corrected chi connectivity index (χ3v) is 5.43. The summed E-state index contributed by atoms with van der Waals surface area (Å²) in [5.74, 6) is -0.105. The zero-order valence-electron chi connectivity index (χ0n) is 14.4. The summed E-state index contributed by atoms with van der Waals surface area (Å²) in [7, 11) is 3.52. The standard InChI is InChI=1S/C16H26N4O4/c1-18-7-5-11(6-8-18)14(21)9-17-15(22)13-4-3-12-10-19(13)16(23)20(12)24-2/h11-13H,3-10H2,1-2H3,(H,17,22)/t12-,13+/m1/s1. The molecule has 24 heavy (non-hydrogen) atoms. The molecule has 1 N–H and O–H groups in total. The highest BCUT2D eigenvalue weighted by Crippen LogP contribution is 2.29. The van der Waals surface area contributed by atoms with Crippen molar-refractivity contribution in [3.63, 3.8) is 0 Å². The Morgan fingerprint density at radius 3 is 2.58 bits per heavy atom. The van der Waals surface area contributed by atoms with E-state index in [-0.39, 0.29) is 36.2 Å². The largest absolute Gasteiger partial charge is 0.347 e. The van der Waals surface area contributed by atoms with Crippen LogP contribution in [0.15, 0.2) is 0 Å². The van der Waals surface area contributed by atoms with Crippen molar-refractivity contribution in [3.05, 3.63) is 0 Å². The maximum absolute atomic E-state index is 12.4. The first kappa shape index (κ1) is 17.2. The summed E-state index contributed by atoms with van der Waals surface area (Å²) < 4.78 is 0. The number of amides is 3. The molecular formula is C16H26N4O4. The fourth-order valence-corrected chi connectivity index (χ4v) is 3.90. The monoisotopic (exact) mass is 338 g/mol. The molecular weight excluding hydrogens is 312 g/mol. The number of hydrogen-bond donors (Lipinski definition) is 1. The topological polar surface area (TPSA) is 82.2 Å². The first-order valence-electron chi connectivity index (χ1n) is 8.64. The van der Waals surface area contributed by atoms with Crippen LogP contribution in [0.25, 0.3) is 0 Å². The van der Waals surface area contributed by atoms with E-state index in [1.807, 2.05) is 0 Å². The van der Waals surface area contributed by atoms with E-state index in [9.17, 15) is 14.4 Å². The second kappa shape index (κ2) is 7.06. The predicted octanol–water partition coefficient (Wildman–Crippen LogP) is -0.156. The molecule has 3 aliphatic rings. The highest BCUT2D eigenvalue weighted by molar-refractivity contribution is 5.92. The number of piperidine rings is 2. The van der Waals surface area contributed by atoms with Crippen LogP contribution in [0.3, 0.4) is 0 Å². The van der Waals surface area contributed by atoms with Crippen LogP contribution in [0, 0.1) is 5.92 Å². The van der Waals surface area contributed by atoms with Crippen LogP contribution in [0.4, 0.5) is 4.79 Å². The Bertz CT molecular complexity index is 518. The van der Waals surface area contributed by atoms with Gasteiger partial charge in [0.05, 0.1) is 19.7 Å². The maximum Gasteiger partial charge on any atom is 0.345 e. The van der Waals surface area contributed by atoms with Crippen molar-refractivity contribution in [1.29, 1.82) is 0 Å². The molecule has 0 saturated carbocycles. The SMILES string of the molecule is CON1C(=O)N2C[C@H]1CC[C@H]2C(=O)NCC(=O)C1CCN(C)CC1. The number of ketones is 1. The minimum absolute atomic E-state index is 0.0208. The lowest BCUT2D eigenvalue weighted by Gasteiger charge is -2.30. The van der Waals surface area contributed by atoms with E-state index in [0.29, 0.717) is 13.0 Å². The highest BCUT2D eigenvalue weighted by Gasteiger charge is 2.47. The summed E-state index contributed by atoms with van der Waals surface area (Å²) in [6.45, 7) is 2.41. The minimum Gasteiger partial charge on any atom is -0.347 e. The Morgan fingerprint density at radius 2 is 1.92 bits per heavy atom. The zero-order chi connectivity index (χ0) is 17.3. The molecule has 0 aromatic carbocycles. The van der Waals surface area contributed by atoms with Crippen LogP contribution in [0.5, 0.6) is 0 Å². The Balaban J connectivity index is 1.50. The smallest absolute Gasteiger partial charge is 0.345 e. The van der Waals surface area contributed by atoms with Crippen molar-refractivity contribution in [2.45, 2.75) is 37.8 Å².